The van der Waals surface area contributed by atoms with E-state index in [0.717, 1.165) is 10.1 Å². The third-order valence-electron chi connectivity index (χ3n) is 3.38. The molecule has 5 heteroatoms. The number of hydrogen-bond donors (Lipinski definition) is 1. The van der Waals surface area contributed by atoms with E-state index in [2.05, 4.69) is 21.2 Å². The number of likely N-dealkylation sites (N-methyl/N-ethyl adjacent to an activating group) is 1. The Bertz CT molecular complexity index is 678. The molecule has 1 atom stereocenters. The highest BCUT2D eigenvalue weighted by molar-refractivity contribution is 9.11. The summed E-state index contributed by atoms with van der Waals surface area (Å²) in [4.78, 5) is 14.4. The lowest BCUT2D eigenvalue weighted by Gasteiger charge is -2.25. The number of nitrogens with zero attached hydrogens (tertiary/aromatic N) is 1. The van der Waals surface area contributed by atoms with E-state index in [1.54, 1.807) is 18.3 Å². The molecule has 0 aromatic heterocycles. The van der Waals surface area contributed by atoms with Crippen LogP contribution in [0, 0.1) is 5.82 Å². The Balaban J connectivity index is 2.02. The largest absolute Gasteiger partial charge is 0.367 e. The summed E-state index contributed by atoms with van der Waals surface area (Å²) in [6.45, 7) is 0. The molecule has 102 valence electrons. The second-order valence-electron chi connectivity index (χ2n) is 4.72. The van der Waals surface area contributed by atoms with Crippen molar-refractivity contribution in [3.63, 3.8) is 0 Å². The number of rotatable bonds is 2. The highest BCUT2D eigenvalue weighted by Crippen LogP contribution is 2.32. The Hall–Kier alpha value is -1.88. The fourth-order valence-electron chi connectivity index (χ4n) is 2.41. The maximum absolute atomic E-state index is 13.8. The van der Waals surface area contributed by atoms with Gasteiger partial charge < -0.3 is 10.2 Å². The summed E-state index contributed by atoms with van der Waals surface area (Å²) < 4.78 is 14.6. The smallest absolute Gasteiger partial charge is 0.197 e. The molecule has 0 saturated heterocycles. The van der Waals surface area contributed by atoms with Gasteiger partial charge in [-0.05, 0) is 34.1 Å². The molecule has 0 bridgehead atoms. The van der Waals surface area contributed by atoms with Gasteiger partial charge in [0.1, 0.15) is 12.0 Å². The molecule has 0 spiro atoms. The number of carbonyl (C=O) groups is 1. The summed E-state index contributed by atoms with van der Waals surface area (Å²) in [5.41, 5.74) is 1.45. The molecule has 0 aliphatic carbocycles. The average molecular weight is 335 g/mol. The topological polar surface area (TPSA) is 32.3 Å². The van der Waals surface area contributed by atoms with Crippen LogP contribution in [-0.2, 0) is 0 Å². The van der Waals surface area contributed by atoms with E-state index in [1.807, 2.05) is 24.2 Å². The molecule has 0 saturated carbocycles. The Morgan fingerprint density at radius 1 is 1.40 bits per heavy atom. The van der Waals surface area contributed by atoms with Crippen LogP contribution in [0.2, 0.25) is 0 Å². The van der Waals surface area contributed by atoms with E-state index >= 15 is 0 Å². The van der Waals surface area contributed by atoms with Crippen LogP contribution < -0.4 is 5.32 Å². The highest BCUT2D eigenvalue weighted by Gasteiger charge is 2.33. The molecule has 3 rings (SSSR count). The van der Waals surface area contributed by atoms with Crippen LogP contribution >= 0.6 is 15.9 Å². The maximum atomic E-state index is 13.8. The van der Waals surface area contributed by atoms with E-state index in [4.69, 9.17) is 0 Å². The number of dihydropyridines is 1. The molecule has 2 aliphatic heterocycles. The number of benzene rings is 1. The lowest BCUT2D eigenvalue weighted by Crippen LogP contribution is -2.37. The van der Waals surface area contributed by atoms with Gasteiger partial charge >= 0.3 is 0 Å². The number of halogens is 2. The number of ketones is 1. The van der Waals surface area contributed by atoms with Gasteiger partial charge in [-0.3, -0.25) is 4.79 Å². The lowest BCUT2D eigenvalue weighted by atomic mass is 9.96. The minimum atomic E-state index is -0.497. The van der Waals surface area contributed by atoms with Crippen LogP contribution in [0.1, 0.15) is 10.4 Å². The third-order valence-corrected chi connectivity index (χ3v) is 3.84. The Kier molecular flexibility index (Phi) is 3.22. The van der Waals surface area contributed by atoms with Crippen molar-refractivity contribution in [2.75, 3.05) is 7.05 Å². The van der Waals surface area contributed by atoms with E-state index in [1.165, 1.54) is 12.1 Å². The molecular weight excluding hydrogens is 323 g/mol. The summed E-state index contributed by atoms with van der Waals surface area (Å²) in [5, 5.41) is 3.18. The van der Waals surface area contributed by atoms with Crippen molar-refractivity contribution < 1.29 is 9.18 Å². The molecule has 1 aromatic carbocycles. The highest BCUT2D eigenvalue weighted by atomic mass is 79.9. The predicted octanol–water partition coefficient (Wildman–Crippen LogP) is 2.93. The molecule has 20 heavy (non-hydrogen) atoms. The number of carbonyl (C=O) groups excluding carboxylic acids is 1. The summed E-state index contributed by atoms with van der Waals surface area (Å²) in [7, 11) is 1.88. The Morgan fingerprint density at radius 2 is 2.15 bits per heavy atom. The monoisotopic (exact) mass is 334 g/mol. The molecular formula is C15H12BrFN2O. The minimum absolute atomic E-state index is 0.0815. The normalized spacial score (nSPS) is 20.6. The quantitative estimate of drug-likeness (QED) is 0.844. The maximum Gasteiger partial charge on any atom is 0.197 e. The number of Topliss-reactive ketones (excluding diaryl/α,β-unsaturated/α-hetero) is 1. The second-order valence-corrected chi connectivity index (χ2v) is 5.63. The van der Waals surface area contributed by atoms with Gasteiger partial charge in [0.05, 0.1) is 5.56 Å². The molecule has 2 aliphatic rings. The first kappa shape index (κ1) is 13.1. The van der Waals surface area contributed by atoms with Gasteiger partial charge in [0.25, 0.3) is 0 Å². The van der Waals surface area contributed by atoms with Gasteiger partial charge in [0.2, 0.25) is 0 Å². The van der Waals surface area contributed by atoms with Gasteiger partial charge in [-0.1, -0.05) is 12.1 Å². The van der Waals surface area contributed by atoms with Crippen molar-refractivity contribution >= 4 is 21.7 Å². The fraction of sp³-hybridized carbons (Fsp3) is 0.133. The average Bonchev–Trinajstić information content (AvgIpc) is 2.75. The number of allylic oxidation sites excluding steroid dienone is 2. The van der Waals surface area contributed by atoms with E-state index in [9.17, 15) is 9.18 Å². The second kappa shape index (κ2) is 4.90. The van der Waals surface area contributed by atoms with Crippen LogP contribution in [0.3, 0.4) is 0 Å². The molecule has 0 fully saturated rings. The van der Waals surface area contributed by atoms with E-state index < -0.39 is 5.82 Å². The zero-order valence-corrected chi connectivity index (χ0v) is 12.3. The predicted molar refractivity (Wildman–Crippen MR) is 78.6 cm³/mol. The van der Waals surface area contributed by atoms with Crippen molar-refractivity contribution in [2.45, 2.75) is 6.17 Å². The van der Waals surface area contributed by atoms with E-state index in [0.29, 0.717) is 5.57 Å². The molecule has 1 N–H and O–H groups in total. The Labute approximate surface area is 124 Å². The summed E-state index contributed by atoms with van der Waals surface area (Å²) >= 11 is 3.38. The van der Waals surface area contributed by atoms with Crippen LogP contribution in [0.5, 0.6) is 0 Å². The molecule has 0 radical (unpaired) electrons. The van der Waals surface area contributed by atoms with Gasteiger partial charge in [-0.25, -0.2) is 4.39 Å². The first-order valence-electron chi connectivity index (χ1n) is 6.14. The van der Waals surface area contributed by atoms with Crippen LogP contribution in [0.4, 0.5) is 4.39 Å². The summed E-state index contributed by atoms with van der Waals surface area (Å²) in [6, 6.07) is 6.04. The molecule has 3 nitrogen and oxygen atoms in total. The zero-order valence-electron chi connectivity index (χ0n) is 10.7. The molecule has 0 amide bonds. The van der Waals surface area contributed by atoms with Crippen molar-refractivity contribution in [3.05, 3.63) is 69.8 Å². The van der Waals surface area contributed by atoms with Crippen molar-refractivity contribution in [1.29, 1.82) is 0 Å². The van der Waals surface area contributed by atoms with Crippen molar-refractivity contribution in [2.24, 2.45) is 0 Å². The molecule has 1 aromatic rings. The fourth-order valence-corrected chi connectivity index (χ4v) is 2.79. The first-order chi connectivity index (χ1) is 9.58. The number of fused-ring (bicyclic) bond motifs is 1. The van der Waals surface area contributed by atoms with Gasteiger partial charge in [0.15, 0.2) is 5.78 Å². The zero-order chi connectivity index (χ0) is 14.3. The van der Waals surface area contributed by atoms with Gasteiger partial charge in [-0.2, -0.15) is 0 Å². The SMILES string of the molecule is CN1C=C(C(=O)c2ccccc2F)C2=CC(Br)=CNC21. The van der Waals surface area contributed by atoms with E-state index in [-0.39, 0.29) is 17.5 Å². The molecule has 1 unspecified atom stereocenters. The lowest BCUT2D eigenvalue weighted by molar-refractivity contribution is 0.103. The van der Waals surface area contributed by atoms with Crippen LogP contribution in [0.25, 0.3) is 0 Å². The first-order valence-corrected chi connectivity index (χ1v) is 6.94. The van der Waals surface area contributed by atoms with Crippen molar-refractivity contribution in [3.8, 4) is 0 Å². The minimum Gasteiger partial charge on any atom is -0.367 e. The standard InChI is InChI=1S/C15H12BrFN2O/c1-19-8-12(11-6-9(16)7-18-15(11)19)14(20)10-4-2-3-5-13(10)17/h2-8,15,18H,1H3. The third kappa shape index (κ3) is 2.08. The summed E-state index contributed by atoms with van der Waals surface area (Å²) in [5.74, 6) is -0.795. The number of nitrogens with one attached hydrogen (secondary N) is 1. The van der Waals surface area contributed by atoms with Crippen molar-refractivity contribution in [1.82, 2.24) is 10.2 Å². The van der Waals surface area contributed by atoms with Crippen LogP contribution in [0.15, 0.2) is 58.4 Å². The van der Waals surface area contributed by atoms with Gasteiger partial charge in [-0.15, -0.1) is 0 Å². The summed E-state index contributed by atoms with van der Waals surface area (Å²) in [6.07, 6.45) is 5.38. The van der Waals surface area contributed by atoms with Gasteiger partial charge in [0, 0.05) is 35.1 Å². The molecule has 2 heterocycles. The van der Waals surface area contributed by atoms with Crippen LogP contribution in [-0.4, -0.2) is 23.9 Å². The Morgan fingerprint density at radius 3 is 2.90 bits per heavy atom. The number of hydrogen-bond acceptors (Lipinski definition) is 3.